The average molecular weight is 635 g/mol. The van der Waals surface area contributed by atoms with Gasteiger partial charge < -0.3 is 0 Å². The Morgan fingerprint density at radius 1 is 0.458 bits per heavy atom. The molecule has 2 heterocycles. The summed E-state index contributed by atoms with van der Waals surface area (Å²) in [6.07, 6.45) is 0. The molecule has 0 spiro atoms. The predicted octanol–water partition coefficient (Wildman–Crippen LogP) is 7.48. The van der Waals surface area contributed by atoms with E-state index < -0.39 is 34.5 Å². The number of hydrogen-bond donors (Lipinski definition) is 0. The first kappa shape index (κ1) is 30.2. The number of rotatable bonds is 4. The summed E-state index contributed by atoms with van der Waals surface area (Å²) in [5.74, 6) is -4.65. The van der Waals surface area contributed by atoms with Crippen molar-refractivity contribution in [2.45, 2.75) is 41.5 Å². The van der Waals surface area contributed by atoms with E-state index in [0.717, 1.165) is 44.5 Å². The minimum absolute atomic E-state index is 0.310. The van der Waals surface area contributed by atoms with Gasteiger partial charge in [-0.3, -0.25) is 19.2 Å². The van der Waals surface area contributed by atoms with Crippen molar-refractivity contribution < 1.29 is 19.2 Å². The largest absolute Gasteiger partial charge is 0.274 e. The van der Waals surface area contributed by atoms with Gasteiger partial charge in [0.2, 0.25) is 23.6 Å². The van der Waals surface area contributed by atoms with Gasteiger partial charge in [0.15, 0.2) is 0 Å². The first-order valence-corrected chi connectivity index (χ1v) is 16.7. The van der Waals surface area contributed by atoms with Crippen LogP contribution in [0.4, 0.5) is 11.4 Å². The highest BCUT2D eigenvalue weighted by molar-refractivity contribution is 6.30. The van der Waals surface area contributed by atoms with E-state index in [9.17, 15) is 0 Å². The second-order valence-corrected chi connectivity index (χ2v) is 14.6. The number of nitrogens with zero attached hydrogens (tertiary/aromatic N) is 2. The Balaban J connectivity index is 1.45. The minimum Gasteiger partial charge on any atom is -0.274 e. The number of carbonyl (C=O) groups is 4. The Morgan fingerprint density at radius 3 is 1.06 bits per heavy atom. The van der Waals surface area contributed by atoms with Crippen LogP contribution in [0.15, 0.2) is 97.1 Å². The van der Waals surface area contributed by atoms with Gasteiger partial charge in [-0.05, 0) is 73.2 Å². The Hall–Kier alpha value is -5.10. The number of benzene rings is 4. The van der Waals surface area contributed by atoms with E-state index in [1.807, 2.05) is 139 Å². The standard InChI is InChI=1S/C42H38N2O4/c1-23-17-19-29(25(3)21-23)43-37(45)33-34(38(43)46)42(6)32(28-15-11-8-12-16-28)31(27-13-9-7-10-14-27)41(33,5)35-36(42)40(48)44(39(35)47)30-20-18-24(2)22-26(30)4/h7-22,33-36H,1-6H3. The number of carbonyl (C=O) groups excluding carboxylic acids is 4. The zero-order valence-corrected chi connectivity index (χ0v) is 28.1. The fraction of sp³-hybridized carbons (Fsp3) is 0.286. The highest BCUT2D eigenvalue weighted by atomic mass is 16.2. The van der Waals surface area contributed by atoms with Gasteiger partial charge in [-0.1, -0.05) is 110 Å². The zero-order valence-electron chi connectivity index (χ0n) is 28.1. The molecule has 2 aliphatic heterocycles. The van der Waals surface area contributed by atoms with Crippen molar-refractivity contribution >= 4 is 46.1 Å². The second-order valence-electron chi connectivity index (χ2n) is 14.6. The van der Waals surface area contributed by atoms with Crippen molar-refractivity contribution in [3.8, 4) is 0 Å². The van der Waals surface area contributed by atoms with Crippen LogP contribution >= 0.6 is 0 Å². The van der Waals surface area contributed by atoms with Crippen molar-refractivity contribution in [3.05, 3.63) is 130 Å². The average Bonchev–Trinajstić information content (AvgIpc) is 3.50. The number of hydrogen-bond acceptors (Lipinski definition) is 4. The molecule has 240 valence electrons. The maximum Gasteiger partial charge on any atom is 0.238 e. The lowest BCUT2D eigenvalue weighted by atomic mass is 9.36. The SMILES string of the molecule is Cc1ccc(N2C(=O)C3C(C2=O)C2(C)C(c4ccccc4)=C(c4ccccc4)C3(C)C3C(=O)N(c4ccc(C)cc4C)C(=O)C32)c(C)c1. The molecule has 6 heteroatoms. The molecule has 6 nitrogen and oxygen atoms in total. The molecule has 4 unspecified atom stereocenters. The van der Waals surface area contributed by atoms with E-state index in [1.165, 1.54) is 9.80 Å². The lowest BCUT2D eigenvalue weighted by molar-refractivity contribution is -0.151. The van der Waals surface area contributed by atoms with E-state index in [-0.39, 0.29) is 23.6 Å². The van der Waals surface area contributed by atoms with Gasteiger partial charge in [0.25, 0.3) is 0 Å². The third kappa shape index (κ3) is 3.69. The van der Waals surface area contributed by atoms with Crippen LogP contribution in [0, 0.1) is 62.2 Å². The monoisotopic (exact) mass is 634 g/mol. The molecular formula is C42H38N2O4. The van der Waals surface area contributed by atoms with Crippen molar-refractivity contribution in [2.75, 3.05) is 9.80 Å². The van der Waals surface area contributed by atoms with Gasteiger partial charge in [-0.2, -0.15) is 0 Å². The maximum absolute atomic E-state index is 15.0. The van der Waals surface area contributed by atoms with Crippen LogP contribution in [0.25, 0.3) is 11.1 Å². The summed E-state index contributed by atoms with van der Waals surface area (Å²) >= 11 is 0. The first-order valence-electron chi connectivity index (χ1n) is 16.7. The Morgan fingerprint density at radius 2 is 0.771 bits per heavy atom. The molecule has 4 aromatic carbocycles. The molecule has 3 aliphatic carbocycles. The molecule has 5 aliphatic rings. The number of aryl methyl sites for hydroxylation is 4. The Labute approximate surface area is 281 Å². The second kappa shape index (κ2) is 10.2. The molecule has 9 rings (SSSR count). The molecule has 0 N–H and O–H groups in total. The normalized spacial score (nSPS) is 29.2. The molecule has 0 radical (unpaired) electrons. The summed E-state index contributed by atoms with van der Waals surface area (Å²) < 4.78 is 0. The molecule has 48 heavy (non-hydrogen) atoms. The number of allylic oxidation sites excluding steroid dienone is 2. The molecule has 2 saturated heterocycles. The molecule has 2 bridgehead atoms. The molecule has 0 aromatic heterocycles. The van der Waals surface area contributed by atoms with Gasteiger partial charge in [0.05, 0.1) is 35.0 Å². The number of anilines is 2. The van der Waals surface area contributed by atoms with Crippen LogP contribution in [0.3, 0.4) is 0 Å². The summed E-state index contributed by atoms with van der Waals surface area (Å²) in [6.45, 7) is 11.7. The van der Waals surface area contributed by atoms with Crippen molar-refractivity contribution in [2.24, 2.45) is 34.5 Å². The van der Waals surface area contributed by atoms with Crippen LogP contribution in [-0.2, 0) is 19.2 Å². The van der Waals surface area contributed by atoms with E-state index in [0.29, 0.717) is 11.4 Å². The molecule has 4 amide bonds. The van der Waals surface area contributed by atoms with Crippen molar-refractivity contribution in [3.63, 3.8) is 0 Å². The smallest absolute Gasteiger partial charge is 0.238 e. The van der Waals surface area contributed by atoms with E-state index >= 15 is 19.2 Å². The maximum atomic E-state index is 15.0. The highest BCUT2D eigenvalue weighted by Gasteiger charge is 2.80. The van der Waals surface area contributed by atoms with Crippen molar-refractivity contribution in [1.82, 2.24) is 0 Å². The van der Waals surface area contributed by atoms with Gasteiger partial charge in [-0.15, -0.1) is 0 Å². The zero-order chi connectivity index (χ0) is 33.9. The predicted molar refractivity (Wildman–Crippen MR) is 187 cm³/mol. The third-order valence-electron chi connectivity index (χ3n) is 11.8. The lowest BCUT2D eigenvalue weighted by Gasteiger charge is -2.62. The molecule has 3 fully saturated rings. The fourth-order valence-corrected chi connectivity index (χ4v) is 10.0. The molecular weight excluding hydrogens is 596 g/mol. The molecule has 4 atom stereocenters. The van der Waals surface area contributed by atoms with Gasteiger partial charge >= 0.3 is 0 Å². The van der Waals surface area contributed by atoms with Crippen LogP contribution in [-0.4, -0.2) is 23.6 Å². The summed E-state index contributed by atoms with van der Waals surface area (Å²) in [7, 11) is 0. The Kier molecular flexibility index (Phi) is 6.43. The number of imide groups is 2. The topological polar surface area (TPSA) is 74.8 Å². The van der Waals surface area contributed by atoms with E-state index in [4.69, 9.17) is 0 Å². The van der Waals surface area contributed by atoms with E-state index in [2.05, 4.69) is 0 Å². The quantitative estimate of drug-likeness (QED) is 0.218. The van der Waals surface area contributed by atoms with Crippen LogP contribution in [0.2, 0.25) is 0 Å². The minimum atomic E-state index is -1.18. The van der Waals surface area contributed by atoms with Crippen LogP contribution < -0.4 is 9.80 Å². The van der Waals surface area contributed by atoms with Crippen LogP contribution in [0.1, 0.15) is 47.2 Å². The van der Waals surface area contributed by atoms with E-state index in [1.54, 1.807) is 0 Å². The van der Waals surface area contributed by atoms with Crippen LogP contribution in [0.5, 0.6) is 0 Å². The lowest BCUT2D eigenvalue weighted by Crippen LogP contribution is -2.64. The fourth-order valence-electron chi connectivity index (χ4n) is 10.0. The summed E-state index contributed by atoms with van der Waals surface area (Å²) in [4.78, 5) is 62.9. The van der Waals surface area contributed by atoms with Gasteiger partial charge in [-0.25, -0.2) is 9.80 Å². The summed E-state index contributed by atoms with van der Waals surface area (Å²) in [5, 5.41) is 0. The molecule has 1 saturated carbocycles. The first-order chi connectivity index (χ1) is 22.9. The van der Waals surface area contributed by atoms with Gasteiger partial charge in [0, 0.05) is 10.8 Å². The van der Waals surface area contributed by atoms with Crippen molar-refractivity contribution in [1.29, 1.82) is 0 Å². The Bertz CT molecular complexity index is 1920. The highest BCUT2D eigenvalue weighted by Crippen LogP contribution is 2.76. The molecule has 4 aromatic rings. The summed E-state index contributed by atoms with van der Waals surface area (Å²) in [5.41, 5.74) is 5.97. The number of amides is 4. The van der Waals surface area contributed by atoms with Gasteiger partial charge in [0.1, 0.15) is 0 Å². The summed E-state index contributed by atoms with van der Waals surface area (Å²) in [6, 6.07) is 31.3. The third-order valence-corrected chi connectivity index (χ3v) is 11.8.